The molecule has 102 valence electrons. The third kappa shape index (κ3) is 2.15. The SMILES string of the molecule is COC(=O)C1(CN(C)c2ccc3c(c2)CCO3)CC1. The van der Waals surface area contributed by atoms with E-state index in [1.165, 1.54) is 12.7 Å². The zero-order valence-electron chi connectivity index (χ0n) is 11.4. The van der Waals surface area contributed by atoms with Crippen molar-refractivity contribution in [2.24, 2.45) is 5.41 Å². The Balaban J connectivity index is 1.74. The van der Waals surface area contributed by atoms with Crippen molar-refractivity contribution in [3.8, 4) is 5.75 Å². The molecule has 19 heavy (non-hydrogen) atoms. The van der Waals surface area contributed by atoms with Crippen LogP contribution in [0.15, 0.2) is 18.2 Å². The van der Waals surface area contributed by atoms with Crippen molar-refractivity contribution in [2.45, 2.75) is 19.3 Å². The lowest BCUT2D eigenvalue weighted by Gasteiger charge is -2.24. The number of anilines is 1. The molecule has 0 radical (unpaired) electrons. The van der Waals surface area contributed by atoms with Crippen molar-refractivity contribution >= 4 is 11.7 Å². The Morgan fingerprint density at radius 1 is 1.47 bits per heavy atom. The molecule has 0 aromatic heterocycles. The van der Waals surface area contributed by atoms with Gasteiger partial charge in [-0.15, -0.1) is 0 Å². The Morgan fingerprint density at radius 3 is 2.95 bits per heavy atom. The van der Waals surface area contributed by atoms with Gasteiger partial charge in [-0.2, -0.15) is 0 Å². The highest BCUT2D eigenvalue weighted by atomic mass is 16.5. The molecule has 1 saturated carbocycles. The van der Waals surface area contributed by atoms with E-state index >= 15 is 0 Å². The first-order valence-electron chi connectivity index (χ1n) is 6.70. The van der Waals surface area contributed by atoms with Crippen LogP contribution in [0.2, 0.25) is 0 Å². The van der Waals surface area contributed by atoms with Crippen LogP contribution in [0.3, 0.4) is 0 Å². The van der Waals surface area contributed by atoms with Gasteiger partial charge in [-0.05, 0) is 36.6 Å². The number of esters is 1. The molecule has 1 fully saturated rings. The van der Waals surface area contributed by atoms with Gasteiger partial charge in [0.25, 0.3) is 0 Å². The summed E-state index contributed by atoms with van der Waals surface area (Å²) in [5.41, 5.74) is 2.12. The molecule has 1 aliphatic heterocycles. The maximum atomic E-state index is 11.8. The lowest BCUT2D eigenvalue weighted by molar-refractivity contribution is -0.146. The highest BCUT2D eigenvalue weighted by Crippen LogP contribution is 2.47. The fourth-order valence-electron chi connectivity index (χ4n) is 2.75. The van der Waals surface area contributed by atoms with Crippen LogP contribution >= 0.6 is 0 Å². The number of hydrogen-bond acceptors (Lipinski definition) is 4. The van der Waals surface area contributed by atoms with Crippen LogP contribution in [0, 0.1) is 5.41 Å². The van der Waals surface area contributed by atoms with Gasteiger partial charge in [0.15, 0.2) is 0 Å². The second kappa shape index (κ2) is 4.44. The number of fused-ring (bicyclic) bond motifs is 1. The van der Waals surface area contributed by atoms with Crippen LogP contribution < -0.4 is 9.64 Å². The summed E-state index contributed by atoms with van der Waals surface area (Å²) in [5.74, 6) is 0.912. The van der Waals surface area contributed by atoms with E-state index in [4.69, 9.17) is 9.47 Å². The van der Waals surface area contributed by atoms with Crippen molar-refractivity contribution < 1.29 is 14.3 Å². The van der Waals surface area contributed by atoms with Crippen LogP contribution in [-0.2, 0) is 16.0 Å². The maximum absolute atomic E-state index is 11.8. The van der Waals surface area contributed by atoms with Gasteiger partial charge >= 0.3 is 5.97 Å². The van der Waals surface area contributed by atoms with Crippen LogP contribution in [0.4, 0.5) is 5.69 Å². The summed E-state index contributed by atoms with van der Waals surface area (Å²) in [6, 6.07) is 6.24. The first kappa shape index (κ1) is 12.3. The van der Waals surface area contributed by atoms with E-state index in [9.17, 15) is 4.79 Å². The second-order valence-electron chi connectivity index (χ2n) is 5.52. The van der Waals surface area contributed by atoms with Crippen molar-refractivity contribution in [3.05, 3.63) is 23.8 Å². The molecule has 0 spiro atoms. The Morgan fingerprint density at radius 2 is 2.26 bits per heavy atom. The van der Waals surface area contributed by atoms with Gasteiger partial charge in [0, 0.05) is 25.7 Å². The van der Waals surface area contributed by atoms with E-state index in [1.807, 2.05) is 13.1 Å². The fraction of sp³-hybridized carbons (Fsp3) is 0.533. The third-order valence-electron chi connectivity index (χ3n) is 4.13. The van der Waals surface area contributed by atoms with Crippen molar-refractivity contribution in [1.29, 1.82) is 0 Å². The minimum absolute atomic E-state index is 0.0798. The number of hydrogen-bond donors (Lipinski definition) is 0. The zero-order chi connectivity index (χ0) is 13.5. The number of carbonyl (C=O) groups excluding carboxylic acids is 1. The number of nitrogens with zero attached hydrogens (tertiary/aromatic N) is 1. The molecular weight excluding hydrogens is 242 g/mol. The van der Waals surface area contributed by atoms with Crippen molar-refractivity contribution in [2.75, 3.05) is 32.2 Å². The first-order chi connectivity index (χ1) is 9.14. The molecule has 2 aliphatic rings. The molecule has 3 rings (SSSR count). The number of benzene rings is 1. The van der Waals surface area contributed by atoms with Crippen molar-refractivity contribution in [1.82, 2.24) is 0 Å². The second-order valence-corrected chi connectivity index (χ2v) is 5.52. The summed E-state index contributed by atoms with van der Waals surface area (Å²) in [6.07, 6.45) is 2.83. The summed E-state index contributed by atoms with van der Waals surface area (Å²) in [4.78, 5) is 13.9. The smallest absolute Gasteiger partial charge is 0.313 e. The Bertz CT molecular complexity index is 508. The minimum atomic E-state index is -0.279. The van der Waals surface area contributed by atoms with Crippen molar-refractivity contribution in [3.63, 3.8) is 0 Å². The number of carbonyl (C=O) groups is 1. The van der Waals surface area contributed by atoms with Gasteiger partial charge in [0.2, 0.25) is 0 Å². The van der Waals surface area contributed by atoms with Crippen LogP contribution in [0.5, 0.6) is 5.75 Å². The van der Waals surface area contributed by atoms with E-state index in [0.29, 0.717) is 0 Å². The molecule has 1 aromatic rings. The van der Waals surface area contributed by atoms with Gasteiger partial charge in [-0.1, -0.05) is 0 Å². The predicted molar refractivity (Wildman–Crippen MR) is 72.6 cm³/mol. The minimum Gasteiger partial charge on any atom is -0.493 e. The maximum Gasteiger partial charge on any atom is 0.313 e. The molecule has 1 heterocycles. The number of methoxy groups -OCH3 is 1. The van der Waals surface area contributed by atoms with Gasteiger partial charge in [-0.25, -0.2) is 0 Å². The van der Waals surface area contributed by atoms with Gasteiger partial charge < -0.3 is 14.4 Å². The van der Waals surface area contributed by atoms with Gasteiger partial charge in [-0.3, -0.25) is 4.79 Å². The zero-order valence-corrected chi connectivity index (χ0v) is 11.4. The topological polar surface area (TPSA) is 38.8 Å². The molecular formula is C15H19NO3. The van der Waals surface area contributed by atoms with E-state index in [-0.39, 0.29) is 11.4 Å². The first-order valence-corrected chi connectivity index (χ1v) is 6.70. The molecule has 1 aliphatic carbocycles. The molecule has 0 atom stereocenters. The molecule has 0 bridgehead atoms. The van der Waals surface area contributed by atoms with Gasteiger partial charge in [0.1, 0.15) is 5.75 Å². The average molecular weight is 261 g/mol. The summed E-state index contributed by atoms with van der Waals surface area (Å²) >= 11 is 0. The fourth-order valence-corrected chi connectivity index (χ4v) is 2.75. The lowest BCUT2D eigenvalue weighted by Crippen LogP contribution is -2.32. The summed E-state index contributed by atoms with van der Waals surface area (Å²) in [7, 11) is 3.50. The number of rotatable bonds is 4. The molecule has 0 unspecified atom stereocenters. The Labute approximate surface area is 113 Å². The van der Waals surface area contributed by atoms with E-state index in [0.717, 1.165) is 43.9 Å². The predicted octanol–water partition coefficient (Wildman–Crippen LogP) is 2.01. The average Bonchev–Trinajstić information content (AvgIpc) is 3.05. The molecule has 4 heteroatoms. The highest BCUT2D eigenvalue weighted by Gasteiger charge is 2.51. The van der Waals surface area contributed by atoms with Crippen LogP contribution in [-0.4, -0.2) is 33.3 Å². The van der Waals surface area contributed by atoms with E-state index in [2.05, 4.69) is 17.0 Å². The normalized spacial score (nSPS) is 18.4. The summed E-state index contributed by atoms with van der Waals surface area (Å²) in [5, 5.41) is 0. The van der Waals surface area contributed by atoms with Crippen LogP contribution in [0.1, 0.15) is 18.4 Å². The Kier molecular flexibility index (Phi) is 2.88. The molecule has 0 N–H and O–H groups in total. The lowest BCUT2D eigenvalue weighted by atomic mass is 10.1. The third-order valence-corrected chi connectivity index (χ3v) is 4.13. The highest BCUT2D eigenvalue weighted by molar-refractivity contribution is 5.80. The monoisotopic (exact) mass is 261 g/mol. The molecule has 1 aromatic carbocycles. The molecule has 4 nitrogen and oxygen atoms in total. The standard InChI is InChI=1S/C15H19NO3/c1-16(10-15(6-7-15)14(17)18-2)12-3-4-13-11(9-12)5-8-19-13/h3-4,9H,5-8,10H2,1-2H3. The van der Waals surface area contributed by atoms with Gasteiger partial charge in [0.05, 0.1) is 19.1 Å². The molecule has 0 saturated heterocycles. The van der Waals surface area contributed by atoms with E-state index in [1.54, 1.807) is 0 Å². The largest absolute Gasteiger partial charge is 0.493 e. The quantitative estimate of drug-likeness (QED) is 0.777. The van der Waals surface area contributed by atoms with E-state index < -0.39 is 0 Å². The number of ether oxygens (including phenoxy) is 2. The van der Waals surface area contributed by atoms with Crippen LogP contribution in [0.25, 0.3) is 0 Å². The Hall–Kier alpha value is -1.71. The summed E-state index contributed by atoms with van der Waals surface area (Å²) < 4.78 is 10.4. The molecule has 0 amide bonds. The summed E-state index contributed by atoms with van der Waals surface area (Å²) in [6.45, 7) is 1.49.